The standard InChI is InChI=1S/C12H13IN6O/c1-2-8(20)18-4-3-7(5-18)19-12-9(10(13)17-19)11(14)15-6-16-12/h2,6-7H,1,3-5H2,(H2,14,15,16). The van der Waals surface area contributed by atoms with Crippen LogP contribution in [-0.4, -0.2) is 43.6 Å². The van der Waals surface area contributed by atoms with Gasteiger partial charge in [0, 0.05) is 13.1 Å². The highest BCUT2D eigenvalue weighted by atomic mass is 127. The van der Waals surface area contributed by atoms with E-state index >= 15 is 0 Å². The molecule has 2 N–H and O–H groups in total. The van der Waals surface area contributed by atoms with Crippen molar-refractivity contribution in [2.24, 2.45) is 0 Å². The number of carbonyl (C=O) groups excluding carboxylic acids is 1. The van der Waals surface area contributed by atoms with Crippen LogP contribution >= 0.6 is 22.6 Å². The molecule has 3 rings (SSSR count). The first-order chi connectivity index (χ1) is 9.61. The summed E-state index contributed by atoms with van der Waals surface area (Å²) in [6.07, 6.45) is 3.62. The monoisotopic (exact) mass is 384 g/mol. The van der Waals surface area contributed by atoms with Gasteiger partial charge in [-0.15, -0.1) is 0 Å². The molecule has 1 unspecified atom stereocenters. The highest BCUT2D eigenvalue weighted by Crippen LogP contribution is 2.29. The SMILES string of the molecule is C=CC(=O)N1CCC(n2nc(I)c3c(N)ncnc32)C1. The van der Waals surface area contributed by atoms with Crippen molar-refractivity contribution in [3.05, 3.63) is 22.7 Å². The highest BCUT2D eigenvalue weighted by molar-refractivity contribution is 14.1. The maximum Gasteiger partial charge on any atom is 0.246 e. The Morgan fingerprint density at radius 1 is 1.55 bits per heavy atom. The lowest BCUT2D eigenvalue weighted by molar-refractivity contribution is -0.125. The van der Waals surface area contributed by atoms with Crippen LogP contribution in [0.25, 0.3) is 11.0 Å². The molecule has 7 nitrogen and oxygen atoms in total. The number of hydrogen-bond donors (Lipinski definition) is 1. The Morgan fingerprint density at radius 3 is 3.10 bits per heavy atom. The van der Waals surface area contributed by atoms with Gasteiger partial charge in [0.25, 0.3) is 0 Å². The van der Waals surface area contributed by atoms with Crippen molar-refractivity contribution in [2.45, 2.75) is 12.5 Å². The third kappa shape index (κ3) is 2.03. The van der Waals surface area contributed by atoms with Gasteiger partial charge in [0.1, 0.15) is 15.8 Å². The summed E-state index contributed by atoms with van der Waals surface area (Å²) in [5.74, 6) is 0.385. The lowest BCUT2D eigenvalue weighted by Crippen LogP contribution is -2.27. The molecule has 20 heavy (non-hydrogen) atoms. The Hall–Kier alpha value is -1.71. The van der Waals surface area contributed by atoms with Gasteiger partial charge in [-0.25, -0.2) is 14.6 Å². The number of amides is 1. The lowest BCUT2D eigenvalue weighted by atomic mass is 10.2. The molecular formula is C12H13IN6O. The van der Waals surface area contributed by atoms with E-state index in [1.807, 2.05) is 4.68 Å². The van der Waals surface area contributed by atoms with Crippen molar-refractivity contribution in [1.82, 2.24) is 24.6 Å². The van der Waals surface area contributed by atoms with Gasteiger partial charge in [0.2, 0.25) is 5.91 Å². The van der Waals surface area contributed by atoms with E-state index in [0.29, 0.717) is 18.9 Å². The van der Waals surface area contributed by atoms with Gasteiger partial charge in [-0.05, 0) is 35.1 Å². The quantitative estimate of drug-likeness (QED) is 0.616. The number of fused-ring (bicyclic) bond motifs is 1. The summed E-state index contributed by atoms with van der Waals surface area (Å²) >= 11 is 2.13. The van der Waals surface area contributed by atoms with Gasteiger partial charge in [0.15, 0.2) is 5.65 Å². The number of aromatic nitrogens is 4. The molecule has 3 heterocycles. The topological polar surface area (TPSA) is 89.9 Å². The molecule has 1 saturated heterocycles. The minimum Gasteiger partial charge on any atom is -0.383 e. The van der Waals surface area contributed by atoms with Crippen LogP contribution in [0.3, 0.4) is 0 Å². The second kappa shape index (κ2) is 5.00. The number of hydrogen-bond acceptors (Lipinski definition) is 5. The third-order valence-electron chi connectivity index (χ3n) is 3.47. The van der Waals surface area contributed by atoms with Gasteiger partial charge in [0.05, 0.1) is 11.4 Å². The normalized spacial score (nSPS) is 18.6. The first kappa shape index (κ1) is 13.3. The molecule has 104 valence electrons. The molecule has 1 aliphatic heterocycles. The number of rotatable bonds is 2. The molecule has 0 radical (unpaired) electrons. The predicted molar refractivity (Wildman–Crippen MR) is 82.9 cm³/mol. The first-order valence-corrected chi connectivity index (χ1v) is 7.25. The molecule has 0 bridgehead atoms. The summed E-state index contributed by atoms with van der Waals surface area (Å²) in [6, 6.07) is 0.110. The zero-order valence-corrected chi connectivity index (χ0v) is 12.8. The molecule has 0 aromatic carbocycles. The minimum atomic E-state index is -0.0483. The zero-order valence-electron chi connectivity index (χ0n) is 10.7. The maximum absolute atomic E-state index is 11.6. The summed E-state index contributed by atoms with van der Waals surface area (Å²) in [5.41, 5.74) is 6.60. The Labute approximate surface area is 129 Å². The zero-order chi connectivity index (χ0) is 14.3. The second-order valence-electron chi connectivity index (χ2n) is 4.62. The van der Waals surface area contributed by atoms with Gasteiger partial charge >= 0.3 is 0 Å². The number of halogens is 1. The Balaban J connectivity index is 1.98. The van der Waals surface area contributed by atoms with Crippen molar-refractivity contribution < 1.29 is 4.79 Å². The Morgan fingerprint density at radius 2 is 2.35 bits per heavy atom. The van der Waals surface area contributed by atoms with E-state index in [2.05, 4.69) is 44.2 Å². The van der Waals surface area contributed by atoms with E-state index in [9.17, 15) is 4.79 Å². The number of nitrogen functional groups attached to an aromatic ring is 1. The molecular weight excluding hydrogens is 371 g/mol. The first-order valence-electron chi connectivity index (χ1n) is 6.17. The number of likely N-dealkylation sites (tertiary alicyclic amines) is 1. The average molecular weight is 384 g/mol. The van der Waals surface area contributed by atoms with E-state index < -0.39 is 0 Å². The fourth-order valence-electron chi connectivity index (χ4n) is 2.48. The van der Waals surface area contributed by atoms with Crippen LogP contribution in [0.4, 0.5) is 5.82 Å². The van der Waals surface area contributed by atoms with Gasteiger partial charge < -0.3 is 10.6 Å². The molecule has 1 fully saturated rings. The van der Waals surface area contributed by atoms with Crippen molar-refractivity contribution in [3.8, 4) is 0 Å². The number of carbonyl (C=O) groups is 1. The van der Waals surface area contributed by atoms with Crippen LogP contribution in [0, 0.1) is 3.70 Å². The number of nitrogens with zero attached hydrogens (tertiary/aromatic N) is 5. The molecule has 0 spiro atoms. The molecule has 0 saturated carbocycles. The summed E-state index contributed by atoms with van der Waals surface area (Å²) in [6.45, 7) is 4.83. The predicted octanol–water partition coefficient (Wildman–Crippen LogP) is 0.972. The van der Waals surface area contributed by atoms with Gasteiger partial charge in [-0.1, -0.05) is 6.58 Å². The fourth-order valence-corrected chi connectivity index (χ4v) is 3.23. The Bertz CT molecular complexity index is 697. The van der Waals surface area contributed by atoms with Crippen molar-refractivity contribution in [2.75, 3.05) is 18.8 Å². The summed E-state index contributed by atoms with van der Waals surface area (Å²) in [5, 5.41) is 5.29. The van der Waals surface area contributed by atoms with Crippen LogP contribution in [-0.2, 0) is 4.79 Å². The van der Waals surface area contributed by atoms with E-state index in [0.717, 1.165) is 21.2 Å². The molecule has 1 aliphatic rings. The fraction of sp³-hybridized carbons (Fsp3) is 0.333. The van der Waals surface area contributed by atoms with Crippen LogP contribution in [0.5, 0.6) is 0 Å². The molecule has 1 atom stereocenters. The van der Waals surface area contributed by atoms with Gasteiger partial charge in [-0.2, -0.15) is 5.10 Å². The van der Waals surface area contributed by atoms with Crippen molar-refractivity contribution in [1.29, 1.82) is 0 Å². The van der Waals surface area contributed by atoms with E-state index in [-0.39, 0.29) is 11.9 Å². The van der Waals surface area contributed by atoms with Crippen LogP contribution in [0.15, 0.2) is 19.0 Å². The lowest BCUT2D eigenvalue weighted by Gasteiger charge is -2.14. The van der Waals surface area contributed by atoms with E-state index in [4.69, 9.17) is 5.73 Å². The van der Waals surface area contributed by atoms with Crippen molar-refractivity contribution in [3.63, 3.8) is 0 Å². The average Bonchev–Trinajstić information content (AvgIpc) is 3.04. The molecule has 2 aromatic heterocycles. The Kier molecular flexibility index (Phi) is 3.32. The molecule has 1 amide bonds. The molecule has 2 aromatic rings. The van der Waals surface area contributed by atoms with E-state index in [1.54, 1.807) is 4.90 Å². The van der Waals surface area contributed by atoms with Crippen LogP contribution in [0.2, 0.25) is 0 Å². The van der Waals surface area contributed by atoms with Crippen molar-refractivity contribution >= 4 is 45.3 Å². The number of nitrogens with two attached hydrogens (primary N) is 1. The summed E-state index contributed by atoms with van der Waals surface area (Å²) in [7, 11) is 0. The molecule has 0 aliphatic carbocycles. The summed E-state index contributed by atoms with van der Waals surface area (Å²) in [4.78, 5) is 21.7. The largest absolute Gasteiger partial charge is 0.383 e. The minimum absolute atomic E-state index is 0.0483. The summed E-state index contributed by atoms with van der Waals surface area (Å²) < 4.78 is 2.63. The van der Waals surface area contributed by atoms with E-state index in [1.165, 1.54) is 12.4 Å². The highest BCUT2D eigenvalue weighted by Gasteiger charge is 2.29. The second-order valence-corrected chi connectivity index (χ2v) is 5.65. The molecule has 8 heteroatoms. The van der Waals surface area contributed by atoms with Crippen LogP contribution in [0.1, 0.15) is 12.5 Å². The number of anilines is 1. The van der Waals surface area contributed by atoms with Crippen LogP contribution < -0.4 is 5.73 Å². The smallest absolute Gasteiger partial charge is 0.246 e. The maximum atomic E-state index is 11.6. The van der Waals surface area contributed by atoms with Gasteiger partial charge in [-0.3, -0.25) is 4.79 Å². The third-order valence-corrected chi connectivity index (χ3v) is 4.23.